The molecule has 4 nitrogen and oxygen atoms in total. The van der Waals surface area contributed by atoms with Gasteiger partial charge in [0.05, 0.1) is 11.1 Å². The summed E-state index contributed by atoms with van der Waals surface area (Å²) >= 11 is 0. The van der Waals surface area contributed by atoms with E-state index in [-0.39, 0.29) is 18.5 Å². The lowest BCUT2D eigenvalue weighted by Gasteiger charge is -2.27. The quantitative estimate of drug-likeness (QED) is 0.804. The molecule has 1 aromatic carbocycles. The van der Waals surface area contributed by atoms with Gasteiger partial charge < -0.3 is 15.0 Å². The number of halogens is 7. The third kappa shape index (κ3) is 5.96. The predicted molar refractivity (Wildman–Crippen MR) is 78.6 cm³/mol. The average Bonchev–Trinajstić information content (AvgIpc) is 2.51. The lowest BCUT2D eigenvalue weighted by atomic mass is 10.1. The maximum absolute atomic E-state index is 12.7. The summed E-state index contributed by atoms with van der Waals surface area (Å²) in [7, 11) is 0. The monoisotopic (exact) mass is 392 g/mol. The number of carbonyl (C=O) groups excluding carboxylic acids is 1. The second-order valence-corrected chi connectivity index (χ2v) is 5.16. The Hall–Kier alpha value is -1.68. The topological polar surface area (TPSA) is 41.6 Å². The fraction of sp³-hybridized carbons (Fsp3) is 0.500. The second kappa shape index (κ2) is 8.13. The van der Waals surface area contributed by atoms with E-state index >= 15 is 0 Å². The first kappa shape index (κ1) is 21.4. The second-order valence-electron chi connectivity index (χ2n) is 5.16. The van der Waals surface area contributed by atoms with Gasteiger partial charge in [-0.2, -0.15) is 26.3 Å². The van der Waals surface area contributed by atoms with E-state index < -0.39 is 41.7 Å². The van der Waals surface area contributed by atoms with E-state index in [1.165, 1.54) is 4.90 Å². The van der Waals surface area contributed by atoms with Crippen LogP contribution in [0.15, 0.2) is 18.2 Å². The van der Waals surface area contributed by atoms with E-state index in [0.29, 0.717) is 38.3 Å². The first-order valence-electron chi connectivity index (χ1n) is 6.98. The van der Waals surface area contributed by atoms with E-state index in [1.807, 2.05) is 0 Å². The van der Waals surface area contributed by atoms with E-state index in [9.17, 15) is 31.1 Å². The molecule has 1 amide bonds. The first-order chi connectivity index (χ1) is 11.1. The highest BCUT2D eigenvalue weighted by atomic mass is 35.5. The van der Waals surface area contributed by atoms with Gasteiger partial charge in [-0.05, 0) is 18.2 Å². The van der Waals surface area contributed by atoms with E-state index in [2.05, 4.69) is 5.32 Å². The van der Waals surface area contributed by atoms with Crippen LogP contribution in [0.1, 0.15) is 11.1 Å². The molecule has 1 saturated heterocycles. The predicted octanol–water partition coefficient (Wildman–Crippen LogP) is 2.96. The molecule has 1 N–H and O–H groups in total. The van der Waals surface area contributed by atoms with Crippen molar-refractivity contribution < 1.29 is 35.9 Å². The summed E-state index contributed by atoms with van der Waals surface area (Å²) in [5.74, 6) is -1.15. The Balaban J connectivity index is 0.00000312. The van der Waals surface area contributed by atoms with Crippen molar-refractivity contribution in [1.29, 1.82) is 0 Å². The third-order valence-corrected chi connectivity index (χ3v) is 3.39. The molecule has 0 unspecified atom stereocenters. The maximum atomic E-state index is 12.7. The number of ether oxygens (including phenoxy) is 1. The SMILES string of the molecule is Cl.O=C(COc1cc(C(F)(F)F)cc(C(F)(F)F)c1)N1CCNCC1. The molecule has 2 rings (SSSR count). The van der Waals surface area contributed by atoms with Gasteiger partial charge in [0.2, 0.25) is 0 Å². The molecule has 1 aliphatic rings. The third-order valence-electron chi connectivity index (χ3n) is 3.39. The van der Waals surface area contributed by atoms with Crippen LogP contribution in [0.4, 0.5) is 26.3 Å². The highest BCUT2D eigenvalue weighted by Gasteiger charge is 2.37. The van der Waals surface area contributed by atoms with E-state index in [0.717, 1.165) is 0 Å². The Bertz CT molecular complexity index is 568. The van der Waals surface area contributed by atoms with Gasteiger partial charge in [0.15, 0.2) is 6.61 Å². The van der Waals surface area contributed by atoms with Crippen molar-refractivity contribution in [3.63, 3.8) is 0 Å². The van der Waals surface area contributed by atoms with Crippen LogP contribution in [0.2, 0.25) is 0 Å². The Morgan fingerprint density at radius 3 is 1.92 bits per heavy atom. The zero-order chi connectivity index (χ0) is 18.0. The fourth-order valence-corrected chi connectivity index (χ4v) is 2.16. The largest absolute Gasteiger partial charge is 0.484 e. The fourth-order valence-electron chi connectivity index (χ4n) is 2.16. The Morgan fingerprint density at radius 2 is 1.48 bits per heavy atom. The highest BCUT2D eigenvalue weighted by Crippen LogP contribution is 2.38. The first-order valence-corrected chi connectivity index (χ1v) is 6.98. The highest BCUT2D eigenvalue weighted by molar-refractivity contribution is 5.85. The summed E-state index contributed by atoms with van der Waals surface area (Å²) < 4.78 is 81.2. The van der Waals surface area contributed by atoms with Crippen molar-refractivity contribution in [2.24, 2.45) is 0 Å². The minimum absolute atomic E-state index is 0. The summed E-state index contributed by atoms with van der Waals surface area (Å²) in [4.78, 5) is 13.3. The normalized spacial score (nSPS) is 15.5. The summed E-state index contributed by atoms with van der Waals surface area (Å²) in [6, 6.07) is 0.894. The van der Waals surface area contributed by atoms with Gasteiger partial charge in [-0.3, -0.25) is 4.79 Å². The van der Waals surface area contributed by atoms with Crippen molar-refractivity contribution in [1.82, 2.24) is 10.2 Å². The molecule has 0 saturated carbocycles. The van der Waals surface area contributed by atoms with Crippen molar-refractivity contribution in [3.8, 4) is 5.75 Å². The number of rotatable bonds is 3. The van der Waals surface area contributed by atoms with Gasteiger partial charge in [0, 0.05) is 26.2 Å². The molecule has 0 bridgehead atoms. The van der Waals surface area contributed by atoms with Gasteiger partial charge >= 0.3 is 12.4 Å². The molecule has 1 aromatic rings. The van der Waals surface area contributed by atoms with Crippen LogP contribution in [-0.4, -0.2) is 43.6 Å². The zero-order valence-corrected chi connectivity index (χ0v) is 13.5. The Morgan fingerprint density at radius 1 is 1.00 bits per heavy atom. The molecule has 0 aliphatic carbocycles. The molecule has 0 spiro atoms. The summed E-state index contributed by atoms with van der Waals surface area (Å²) in [5, 5.41) is 3.01. The smallest absolute Gasteiger partial charge is 0.416 e. The molecule has 142 valence electrons. The molecular weight excluding hydrogens is 378 g/mol. The average molecular weight is 393 g/mol. The number of benzene rings is 1. The van der Waals surface area contributed by atoms with Crippen LogP contribution in [0, 0.1) is 0 Å². The molecule has 11 heteroatoms. The zero-order valence-electron chi connectivity index (χ0n) is 12.7. The molecule has 0 atom stereocenters. The van der Waals surface area contributed by atoms with Gasteiger partial charge in [0.25, 0.3) is 5.91 Å². The van der Waals surface area contributed by atoms with Gasteiger partial charge in [-0.15, -0.1) is 12.4 Å². The van der Waals surface area contributed by atoms with Crippen molar-refractivity contribution in [2.45, 2.75) is 12.4 Å². The van der Waals surface area contributed by atoms with E-state index in [4.69, 9.17) is 4.74 Å². The lowest BCUT2D eigenvalue weighted by molar-refractivity contribution is -0.143. The number of hydrogen-bond donors (Lipinski definition) is 1. The van der Waals surface area contributed by atoms with Gasteiger partial charge in [-0.1, -0.05) is 0 Å². The molecule has 1 heterocycles. The number of hydrogen-bond acceptors (Lipinski definition) is 3. The minimum Gasteiger partial charge on any atom is -0.484 e. The van der Waals surface area contributed by atoms with Crippen molar-refractivity contribution >= 4 is 18.3 Å². The Labute approximate surface area is 145 Å². The number of piperazine rings is 1. The number of alkyl halides is 6. The lowest BCUT2D eigenvalue weighted by Crippen LogP contribution is -2.47. The molecule has 0 radical (unpaired) electrons. The standard InChI is InChI=1S/C14H14F6N2O2.ClH/c15-13(16,17)9-5-10(14(18,19)20)7-11(6-9)24-8-12(23)22-3-1-21-2-4-22;/h5-7,21H,1-4,8H2;1H. The Kier molecular flexibility index (Phi) is 6.95. The van der Waals surface area contributed by atoms with Crippen LogP contribution in [-0.2, 0) is 17.1 Å². The minimum atomic E-state index is -4.96. The molecule has 1 fully saturated rings. The van der Waals surface area contributed by atoms with Crippen LogP contribution in [0.5, 0.6) is 5.75 Å². The molecular formula is C14H15ClF6N2O2. The summed E-state index contributed by atoms with van der Waals surface area (Å²) in [5.41, 5.74) is -2.97. The number of amides is 1. The number of nitrogens with one attached hydrogen (secondary N) is 1. The van der Waals surface area contributed by atoms with Gasteiger partial charge in [0.1, 0.15) is 5.75 Å². The van der Waals surface area contributed by atoms with Gasteiger partial charge in [-0.25, -0.2) is 0 Å². The van der Waals surface area contributed by atoms with Crippen LogP contribution in [0.25, 0.3) is 0 Å². The molecule has 0 aromatic heterocycles. The summed E-state index contributed by atoms with van der Waals surface area (Å²) in [6.07, 6.45) is -9.91. The van der Waals surface area contributed by atoms with E-state index in [1.54, 1.807) is 0 Å². The maximum Gasteiger partial charge on any atom is 0.416 e. The summed E-state index contributed by atoms with van der Waals surface area (Å²) in [6.45, 7) is 1.30. The van der Waals surface area contributed by atoms with Crippen LogP contribution >= 0.6 is 12.4 Å². The van der Waals surface area contributed by atoms with Crippen molar-refractivity contribution in [3.05, 3.63) is 29.3 Å². The van der Waals surface area contributed by atoms with Crippen LogP contribution < -0.4 is 10.1 Å². The van der Waals surface area contributed by atoms with Crippen LogP contribution in [0.3, 0.4) is 0 Å². The number of carbonyl (C=O) groups is 1. The molecule has 1 aliphatic heterocycles. The number of nitrogens with zero attached hydrogens (tertiary/aromatic N) is 1. The van der Waals surface area contributed by atoms with Crippen molar-refractivity contribution in [2.75, 3.05) is 32.8 Å². The molecule has 25 heavy (non-hydrogen) atoms.